The molecule has 2 unspecified atom stereocenters. The normalized spacial score (nSPS) is 21.1. The molecule has 0 radical (unpaired) electrons. The minimum atomic E-state index is -0.710. The summed E-state index contributed by atoms with van der Waals surface area (Å²) in [6, 6.07) is 7.85. The third-order valence-corrected chi connectivity index (χ3v) is 5.13. The second-order valence-electron chi connectivity index (χ2n) is 5.62. The summed E-state index contributed by atoms with van der Waals surface area (Å²) in [5, 5.41) is 18.3. The number of rotatable bonds is 6. The lowest BCUT2D eigenvalue weighted by Crippen LogP contribution is -2.48. The van der Waals surface area contributed by atoms with E-state index in [2.05, 4.69) is 11.8 Å². The minimum Gasteiger partial charge on any atom is -0.508 e. The zero-order valence-corrected chi connectivity index (χ0v) is 13.2. The second-order valence-corrected chi connectivity index (χ2v) is 6.77. The van der Waals surface area contributed by atoms with Gasteiger partial charge in [-0.05, 0) is 37.5 Å². The van der Waals surface area contributed by atoms with Crippen LogP contribution in [0, 0.1) is 0 Å². The molecule has 1 aromatic rings. The van der Waals surface area contributed by atoms with Gasteiger partial charge in [0.25, 0.3) is 0 Å². The van der Waals surface area contributed by atoms with Crippen LogP contribution in [-0.4, -0.2) is 51.2 Å². The third kappa shape index (κ3) is 4.93. The molecule has 0 aromatic heterocycles. The van der Waals surface area contributed by atoms with Gasteiger partial charge in [-0.3, -0.25) is 9.69 Å². The van der Waals surface area contributed by atoms with Crippen LogP contribution >= 0.6 is 11.8 Å². The standard InChI is InChI=1S/C16H23NO3S/c1-12(2-3-13-4-6-15(18)7-5-13)17-8-9-21-11-14(17)10-16(19)20/h4-7,12,14,18H,2-3,8-11H2,1H3,(H,19,20). The predicted octanol–water partition coefficient (Wildman–Crippen LogP) is 2.61. The number of thioether (sulfide) groups is 1. The van der Waals surface area contributed by atoms with Crippen LogP contribution in [0.1, 0.15) is 25.3 Å². The molecular formula is C16H23NO3S. The van der Waals surface area contributed by atoms with Gasteiger partial charge in [0.15, 0.2) is 0 Å². The monoisotopic (exact) mass is 309 g/mol. The highest BCUT2D eigenvalue weighted by atomic mass is 32.2. The maximum absolute atomic E-state index is 11.0. The van der Waals surface area contributed by atoms with Crippen LogP contribution in [0.15, 0.2) is 24.3 Å². The van der Waals surface area contributed by atoms with Crippen molar-refractivity contribution in [2.45, 2.75) is 38.3 Å². The Morgan fingerprint density at radius 2 is 2.14 bits per heavy atom. The Morgan fingerprint density at radius 3 is 2.81 bits per heavy atom. The molecule has 0 bridgehead atoms. The predicted molar refractivity (Wildman–Crippen MR) is 86.0 cm³/mol. The van der Waals surface area contributed by atoms with Crippen molar-refractivity contribution < 1.29 is 15.0 Å². The Bertz CT molecular complexity index is 463. The molecule has 0 saturated carbocycles. The van der Waals surface area contributed by atoms with E-state index in [1.54, 1.807) is 12.1 Å². The molecule has 1 aliphatic heterocycles. The van der Waals surface area contributed by atoms with E-state index in [1.807, 2.05) is 23.9 Å². The van der Waals surface area contributed by atoms with E-state index in [1.165, 1.54) is 5.56 Å². The average Bonchev–Trinajstić information content (AvgIpc) is 2.46. The molecule has 1 heterocycles. The number of carbonyl (C=O) groups is 1. The average molecular weight is 309 g/mol. The highest BCUT2D eigenvalue weighted by Gasteiger charge is 2.28. The number of phenolic OH excluding ortho intramolecular Hbond substituents is 1. The van der Waals surface area contributed by atoms with Gasteiger partial charge in [0.1, 0.15) is 5.75 Å². The van der Waals surface area contributed by atoms with Gasteiger partial charge in [-0.25, -0.2) is 0 Å². The summed E-state index contributed by atoms with van der Waals surface area (Å²) in [5.74, 6) is 1.58. The number of hydrogen-bond donors (Lipinski definition) is 2. The SMILES string of the molecule is CC(CCc1ccc(O)cc1)N1CCSCC1CC(=O)O. The summed E-state index contributed by atoms with van der Waals surface area (Å²) in [5.41, 5.74) is 1.21. The zero-order chi connectivity index (χ0) is 15.2. The summed E-state index contributed by atoms with van der Waals surface area (Å²) in [6.07, 6.45) is 2.19. The van der Waals surface area contributed by atoms with Crippen LogP contribution in [0.4, 0.5) is 0 Å². The molecule has 1 aliphatic rings. The van der Waals surface area contributed by atoms with Crippen LogP contribution in [0.3, 0.4) is 0 Å². The fourth-order valence-electron chi connectivity index (χ4n) is 2.83. The number of carboxylic acid groups (broad SMARTS) is 1. The van der Waals surface area contributed by atoms with Crippen LogP contribution < -0.4 is 0 Å². The Hall–Kier alpha value is -1.20. The van der Waals surface area contributed by atoms with E-state index in [0.717, 1.165) is 30.9 Å². The van der Waals surface area contributed by atoms with Crippen LogP contribution in [0.25, 0.3) is 0 Å². The molecule has 0 spiro atoms. The van der Waals surface area contributed by atoms with Gasteiger partial charge in [0, 0.05) is 30.1 Å². The number of aliphatic carboxylic acids is 1. The minimum absolute atomic E-state index is 0.149. The summed E-state index contributed by atoms with van der Waals surface area (Å²) >= 11 is 1.85. The summed E-state index contributed by atoms with van der Waals surface area (Å²) < 4.78 is 0. The maximum atomic E-state index is 11.0. The smallest absolute Gasteiger partial charge is 0.304 e. The quantitative estimate of drug-likeness (QED) is 0.846. The third-order valence-electron chi connectivity index (χ3n) is 4.04. The fraction of sp³-hybridized carbons (Fsp3) is 0.562. The Morgan fingerprint density at radius 1 is 1.43 bits per heavy atom. The molecular weight excluding hydrogens is 286 g/mol. The Kier molecular flexibility index (Phi) is 5.94. The van der Waals surface area contributed by atoms with Crippen molar-refractivity contribution in [1.29, 1.82) is 0 Å². The van der Waals surface area contributed by atoms with E-state index in [-0.39, 0.29) is 12.5 Å². The van der Waals surface area contributed by atoms with Crippen LogP contribution in [0.5, 0.6) is 5.75 Å². The number of nitrogens with zero attached hydrogens (tertiary/aromatic N) is 1. The number of aromatic hydroxyl groups is 1. The molecule has 2 atom stereocenters. The van der Waals surface area contributed by atoms with E-state index >= 15 is 0 Å². The Balaban J connectivity index is 1.89. The summed E-state index contributed by atoms with van der Waals surface area (Å²) in [6.45, 7) is 3.16. The van der Waals surface area contributed by atoms with Crippen molar-refractivity contribution in [3.05, 3.63) is 29.8 Å². The van der Waals surface area contributed by atoms with E-state index in [0.29, 0.717) is 11.8 Å². The molecule has 2 N–H and O–H groups in total. The summed E-state index contributed by atoms with van der Waals surface area (Å²) in [7, 11) is 0. The van der Waals surface area contributed by atoms with Gasteiger partial charge in [-0.2, -0.15) is 11.8 Å². The first-order valence-corrected chi connectivity index (χ1v) is 8.55. The summed E-state index contributed by atoms with van der Waals surface area (Å²) in [4.78, 5) is 13.3. The van der Waals surface area contributed by atoms with Crippen LogP contribution in [-0.2, 0) is 11.2 Å². The molecule has 0 amide bonds. The van der Waals surface area contributed by atoms with Crippen molar-refractivity contribution >= 4 is 17.7 Å². The lowest BCUT2D eigenvalue weighted by molar-refractivity contribution is -0.138. The zero-order valence-electron chi connectivity index (χ0n) is 12.4. The van der Waals surface area contributed by atoms with E-state index < -0.39 is 5.97 Å². The molecule has 1 fully saturated rings. The number of aryl methyl sites for hydroxylation is 1. The van der Waals surface area contributed by atoms with Gasteiger partial charge < -0.3 is 10.2 Å². The number of hydrogen-bond acceptors (Lipinski definition) is 4. The van der Waals surface area contributed by atoms with Crippen LogP contribution in [0.2, 0.25) is 0 Å². The van der Waals surface area contributed by atoms with E-state index in [4.69, 9.17) is 5.11 Å². The maximum Gasteiger partial charge on any atom is 0.304 e. The molecule has 2 rings (SSSR count). The number of carboxylic acids is 1. The van der Waals surface area contributed by atoms with E-state index in [9.17, 15) is 9.90 Å². The van der Waals surface area contributed by atoms with Gasteiger partial charge in [-0.1, -0.05) is 12.1 Å². The molecule has 4 nitrogen and oxygen atoms in total. The lowest BCUT2D eigenvalue weighted by atomic mass is 10.0. The lowest BCUT2D eigenvalue weighted by Gasteiger charge is -2.39. The largest absolute Gasteiger partial charge is 0.508 e. The molecule has 1 saturated heterocycles. The van der Waals surface area contributed by atoms with Crippen molar-refractivity contribution in [1.82, 2.24) is 4.90 Å². The fourth-order valence-corrected chi connectivity index (χ4v) is 3.92. The second kappa shape index (κ2) is 7.71. The van der Waals surface area contributed by atoms with Crippen molar-refractivity contribution in [2.75, 3.05) is 18.1 Å². The highest BCUT2D eigenvalue weighted by molar-refractivity contribution is 7.99. The van der Waals surface area contributed by atoms with Crippen molar-refractivity contribution in [3.63, 3.8) is 0 Å². The first-order valence-electron chi connectivity index (χ1n) is 7.39. The molecule has 116 valence electrons. The van der Waals surface area contributed by atoms with Gasteiger partial charge in [-0.15, -0.1) is 0 Å². The van der Waals surface area contributed by atoms with Gasteiger partial charge in [0.05, 0.1) is 6.42 Å². The first-order chi connectivity index (χ1) is 10.1. The van der Waals surface area contributed by atoms with Gasteiger partial charge in [0.2, 0.25) is 0 Å². The highest BCUT2D eigenvalue weighted by Crippen LogP contribution is 2.23. The number of benzene rings is 1. The van der Waals surface area contributed by atoms with Gasteiger partial charge >= 0.3 is 5.97 Å². The topological polar surface area (TPSA) is 60.8 Å². The Labute approximate surface area is 130 Å². The first kappa shape index (κ1) is 16.2. The van der Waals surface area contributed by atoms with Crippen molar-refractivity contribution in [2.24, 2.45) is 0 Å². The number of phenols is 1. The molecule has 5 heteroatoms. The molecule has 0 aliphatic carbocycles. The molecule has 21 heavy (non-hydrogen) atoms. The molecule has 1 aromatic carbocycles. The van der Waals surface area contributed by atoms with Crippen molar-refractivity contribution in [3.8, 4) is 5.75 Å².